The maximum absolute atomic E-state index is 13.4. The lowest BCUT2D eigenvalue weighted by atomic mass is 10.2. The molecular weight excluding hydrogens is 267 g/mol. The molecule has 6 heteroatoms. The Labute approximate surface area is 114 Å². The molecule has 0 aliphatic carbocycles. The Bertz CT molecular complexity index is 517. The van der Waals surface area contributed by atoms with Crippen molar-refractivity contribution in [2.75, 3.05) is 17.8 Å². The monoisotopic (exact) mass is 288 g/mol. The largest absolute Gasteiger partial charge is 0.315 e. The van der Waals surface area contributed by atoms with Crippen molar-refractivity contribution in [3.05, 3.63) is 29.6 Å². The van der Waals surface area contributed by atoms with E-state index in [1.54, 1.807) is 26.0 Å². The number of rotatable bonds is 7. The van der Waals surface area contributed by atoms with E-state index in [1.165, 1.54) is 6.07 Å². The molecule has 0 heterocycles. The van der Waals surface area contributed by atoms with Crippen LogP contribution in [0.15, 0.2) is 18.2 Å². The van der Waals surface area contributed by atoms with Gasteiger partial charge in [-0.2, -0.15) is 0 Å². The normalized spacial score (nSPS) is 13.3. The number of hydrogen-bond acceptors (Lipinski definition) is 3. The quantitative estimate of drug-likeness (QED) is 0.757. The molecule has 0 spiro atoms. The molecule has 0 saturated carbocycles. The van der Waals surface area contributed by atoms with E-state index in [0.717, 1.165) is 13.0 Å². The zero-order valence-electron chi connectivity index (χ0n) is 11.5. The lowest BCUT2D eigenvalue weighted by Crippen LogP contribution is -2.35. The van der Waals surface area contributed by atoms with Gasteiger partial charge in [0.05, 0.1) is 10.9 Å². The van der Waals surface area contributed by atoms with Crippen LogP contribution in [0.4, 0.5) is 10.1 Å². The van der Waals surface area contributed by atoms with E-state index in [-0.39, 0.29) is 5.69 Å². The Morgan fingerprint density at radius 1 is 1.37 bits per heavy atom. The Hall–Kier alpha value is -1.14. The fourth-order valence-electron chi connectivity index (χ4n) is 1.51. The maximum atomic E-state index is 13.4. The second-order valence-electron chi connectivity index (χ2n) is 4.63. The second kappa shape index (κ2) is 6.86. The van der Waals surface area contributed by atoms with E-state index in [1.807, 2.05) is 6.92 Å². The Kier molecular flexibility index (Phi) is 5.75. The van der Waals surface area contributed by atoms with Crippen LogP contribution >= 0.6 is 0 Å². The number of sulfonamides is 1. The third kappa shape index (κ3) is 4.80. The molecule has 0 aliphatic heterocycles. The smallest absolute Gasteiger partial charge is 0.236 e. The van der Waals surface area contributed by atoms with Crippen LogP contribution in [0, 0.1) is 12.7 Å². The first kappa shape index (κ1) is 15.9. The maximum Gasteiger partial charge on any atom is 0.236 e. The first-order chi connectivity index (χ1) is 8.86. The summed E-state index contributed by atoms with van der Waals surface area (Å²) in [5, 5.41) is 2.47. The highest BCUT2D eigenvalue weighted by atomic mass is 32.2. The highest BCUT2D eigenvalue weighted by molar-refractivity contribution is 7.93. The van der Waals surface area contributed by atoms with Crippen LogP contribution in [0.5, 0.6) is 0 Å². The standard InChI is InChI=1S/C13H21FN2O2S/c1-4-7-15-9-11(3)19(17,18)16-12-6-5-10(2)13(14)8-12/h5-6,8,11,15-16H,4,7,9H2,1-3H3. The van der Waals surface area contributed by atoms with Crippen LogP contribution in [0.2, 0.25) is 0 Å². The predicted octanol–water partition coefficient (Wildman–Crippen LogP) is 2.26. The minimum absolute atomic E-state index is 0.255. The first-order valence-electron chi connectivity index (χ1n) is 6.35. The highest BCUT2D eigenvalue weighted by Gasteiger charge is 2.20. The second-order valence-corrected chi connectivity index (χ2v) is 6.72. The Morgan fingerprint density at radius 2 is 2.05 bits per heavy atom. The van der Waals surface area contributed by atoms with Gasteiger partial charge in [0, 0.05) is 6.54 Å². The summed E-state index contributed by atoms with van der Waals surface area (Å²) in [6, 6.07) is 4.30. The minimum Gasteiger partial charge on any atom is -0.315 e. The highest BCUT2D eigenvalue weighted by Crippen LogP contribution is 2.16. The molecule has 108 valence electrons. The molecule has 1 atom stereocenters. The van der Waals surface area contributed by atoms with Gasteiger partial charge in [-0.25, -0.2) is 12.8 Å². The van der Waals surface area contributed by atoms with Gasteiger partial charge in [0.2, 0.25) is 10.0 Å². The number of anilines is 1. The van der Waals surface area contributed by atoms with Crippen LogP contribution < -0.4 is 10.0 Å². The fourth-order valence-corrected chi connectivity index (χ4v) is 2.51. The van der Waals surface area contributed by atoms with Crippen molar-refractivity contribution in [1.82, 2.24) is 5.32 Å². The van der Waals surface area contributed by atoms with Gasteiger partial charge in [-0.05, 0) is 44.5 Å². The molecule has 0 aliphatic rings. The van der Waals surface area contributed by atoms with Crippen molar-refractivity contribution >= 4 is 15.7 Å². The van der Waals surface area contributed by atoms with E-state index in [4.69, 9.17) is 0 Å². The van der Waals surface area contributed by atoms with Crippen molar-refractivity contribution in [3.63, 3.8) is 0 Å². The molecule has 1 rings (SSSR count). The zero-order chi connectivity index (χ0) is 14.5. The van der Waals surface area contributed by atoms with Gasteiger partial charge in [0.15, 0.2) is 0 Å². The summed E-state index contributed by atoms with van der Waals surface area (Å²) in [4.78, 5) is 0. The summed E-state index contributed by atoms with van der Waals surface area (Å²) in [7, 11) is -3.50. The molecule has 2 N–H and O–H groups in total. The van der Waals surface area contributed by atoms with E-state index >= 15 is 0 Å². The van der Waals surface area contributed by atoms with E-state index < -0.39 is 21.1 Å². The van der Waals surface area contributed by atoms with Crippen molar-refractivity contribution in [2.45, 2.75) is 32.4 Å². The summed E-state index contributed by atoms with van der Waals surface area (Å²) in [5.41, 5.74) is 0.742. The molecule has 1 aromatic rings. The first-order valence-corrected chi connectivity index (χ1v) is 7.90. The van der Waals surface area contributed by atoms with Crippen molar-refractivity contribution in [2.24, 2.45) is 0 Å². The molecule has 1 aromatic carbocycles. The van der Waals surface area contributed by atoms with E-state index in [2.05, 4.69) is 10.0 Å². The molecule has 0 bridgehead atoms. The molecule has 0 aromatic heterocycles. The number of benzene rings is 1. The van der Waals surface area contributed by atoms with Gasteiger partial charge in [-0.3, -0.25) is 4.72 Å². The topological polar surface area (TPSA) is 58.2 Å². The summed E-state index contributed by atoms with van der Waals surface area (Å²) >= 11 is 0. The third-order valence-electron chi connectivity index (χ3n) is 2.82. The summed E-state index contributed by atoms with van der Waals surface area (Å²) in [5.74, 6) is -0.419. The molecule has 0 amide bonds. The van der Waals surface area contributed by atoms with E-state index in [0.29, 0.717) is 12.1 Å². The average Bonchev–Trinajstić information content (AvgIpc) is 2.33. The summed E-state index contributed by atoms with van der Waals surface area (Å²) < 4.78 is 39.8. The van der Waals surface area contributed by atoms with Gasteiger partial charge >= 0.3 is 0 Å². The predicted molar refractivity (Wildman–Crippen MR) is 76.3 cm³/mol. The molecule has 0 fully saturated rings. The van der Waals surface area contributed by atoms with Crippen LogP contribution in [0.3, 0.4) is 0 Å². The van der Waals surface area contributed by atoms with Crippen LogP contribution in [0.1, 0.15) is 25.8 Å². The Morgan fingerprint density at radius 3 is 2.63 bits per heavy atom. The molecule has 1 unspecified atom stereocenters. The zero-order valence-corrected chi connectivity index (χ0v) is 12.3. The van der Waals surface area contributed by atoms with E-state index in [9.17, 15) is 12.8 Å². The molecule has 4 nitrogen and oxygen atoms in total. The number of nitrogens with one attached hydrogen (secondary N) is 2. The third-order valence-corrected chi connectivity index (χ3v) is 4.57. The number of aryl methyl sites for hydroxylation is 1. The summed E-state index contributed by atoms with van der Waals surface area (Å²) in [6.07, 6.45) is 0.948. The molecular formula is C13H21FN2O2S. The van der Waals surface area contributed by atoms with Crippen molar-refractivity contribution in [1.29, 1.82) is 0 Å². The lowest BCUT2D eigenvalue weighted by molar-refractivity contribution is 0.575. The number of halogens is 1. The number of hydrogen-bond donors (Lipinski definition) is 2. The van der Waals surface area contributed by atoms with Gasteiger partial charge in [-0.1, -0.05) is 13.0 Å². The van der Waals surface area contributed by atoms with Gasteiger partial charge in [0.25, 0.3) is 0 Å². The summed E-state index contributed by atoms with van der Waals surface area (Å²) in [6.45, 7) is 6.41. The molecule has 0 radical (unpaired) electrons. The van der Waals surface area contributed by atoms with Crippen LogP contribution in [-0.4, -0.2) is 26.8 Å². The van der Waals surface area contributed by atoms with Crippen LogP contribution in [0.25, 0.3) is 0 Å². The van der Waals surface area contributed by atoms with Gasteiger partial charge < -0.3 is 5.32 Å². The fraction of sp³-hybridized carbons (Fsp3) is 0.538. The molecule has 19 heavy (non-hydrogen) atoms. The van der Waals surface area contributed by atoms with Crippen molar-refractivity contribution < 1.29 is 12.8 Å². The minimum atomic E-state index is -3.50. The van der Waals surface area contributed by atoms with Crippen LogP contribution in [-0.2, 0) is 10.0 Å². The van der Waals surface area contributed by atoms with Gasteiger partial charge in [-0.15, -0.1) is 0 Å². The SMILES string of the molecule is CCCNCC(C)S(=O)(=O)Nc1ccc(C)c(F)c1. The molecule has 0 saturated heterocycles. The average molecular weight is 288 g/mol. The van der Waals surface area contributed by atoms with Gasteiger partial charge in [0.1, 0.15) is 5.82 Å². The lowest BCUT2D eigenvalue weighted by Gasteiger charge is -2.15. The van der Waals surface area contributed by atoms with Crippen molar-refractivity contribution in [3.8, 4) is 0 Å². The Balaban J connectivity index is 2.70.